The van der Waals surface area contributed by atoms with Crippen molar-refractivity contribution >= 4 is 17.4 Å². The number of benzene rings is 1. The highest BCUT2D eigenvalue weighted by Gasteiger charge is 2.19. The molecule has 7 nitrogen and oxygen atoms in total. The van der Waals surface area contributed by atoms with E-state index in [9.17, 15) is 4.79 Å². The molecule has 1 aromatic carbocycles. The maximum atomic E-state index is 12.1. The second kappa shape index (κ2) is 8.73. The lowest BCUT2D eigenvalue weighted by Crippen LogP contribution is -2.16. The van der Waals surface area contributed by atoms with E-state index in [1.54, 1.807) is 29.2 Å². The topological polar surface area (TPSA) is 93.2 Å². The number of hydrogen-bond acceptors (Lipinski definition) is 6. The zero-order valence-corrected chi connectivity index (χ0v) is 16.5. The van der Waals surface area contributed by atoms with E-state index >= 15 is 0 Å². The van der Waals surface area contributed by atoms with Gasteiger partial charge in [-0.3, -0.25) is 4.99 Å². The van der Waals surface area contributed by atoms with Crippen LogP contribution in [0, 0.1) is 18.3 Å². The van der Waals surface area contributed by atoms with Crippen molar-refractivity contribution in [3.8, 4) is 0 Å². The monoisotopic (exact) mass is 379 g/mol. The lowest BCUT2D eigenvalue weighted by Gasteiger charge is -2.13. The number of aliphatic imine (C=N–C) groups is 1. The predicted molar refractivity (Wildman–Crippen MR) is 108 cm³/mol. The maximum absolute atomic E-state index is 12.1. The number of esters is 1. The fraction of sp³-hybridized carbons (Fsp3) is 0.381. The highest BCUT2D eigenvalue weighted by atomic mass is 16.5. The molecule has 0 aliphatic carbocycles. The number of nitrogens with one attached hydrogen (secondary N) is 1. The molecule has 28 heavy (non-hydrogen) atoms. The smallest absolute Gasteiger partial charge is 0.338 e. The van der Waals surface area contributed by atoms with Gasteiger partial charge in [-0.25, -0.2) is 9.48 Å². The largest absolute Gasteiger partial charge is 0.455 e. The molecule has 0 fully saturated rings. The summed E-state index contributed by atoms with van der Waals surface area (Å²) in [5.41, 5.74) is 4.62. The minimum Gasteiger partial charge on any atom is -0.455 e. The molecular formula is C21H25N5O2. The van der Waals surface area contributed by atoms with E-state index in [4.69, 9.17) is 10.1 Å². The number of ether oxygens (including phenoxy) is 1. The molecule has 1 aromatic heterocycles. The molecule has 1 atom stereocenters. The zero-order valence-electron chi connectivity index (χ0n) is 16.5. The average Bonchev–Trinajstić information content (AvgIpc) is 3.09. The van der Waals surface area contributed by atoms with Gasteiger partial charge < -0.3 is 10.1 Å². The molecule has 0 spiro atoms. The number of aryl methyl sites for hydroxylation is 1. The molecule has 0 saturated carbocycles. The van der Waals surface area contributed by atoms with Gasteiger partial charge in [0.15, 0.2) is 0 Å². The van der Waals surface area contributed by atoms with Crippen LogP contribution in [0.2, 0.25) is 0 Å². The molecule has 7 heteroatoms. The molecule has 3 rings (SSSR count). The lowest BCUT2D eigenvalue weighted by atomic mass is 9.93. The van der Waals surface area contributed by atoms with Crippen LogP contribution < -0.4 is 0 Å². The highest BCUT2D eigenvalue weighted by molar-refractivity contribution is 6.02. The summed E-state index contributed by atoms with van der Waals surface area (Å²) >= 11 is 0. The summed E-state index contributed by atoms with van der Waals surface area (Å²) in [4.78, 5) is 16.6. The van der Waals surface area contributed by atoms with E-state index in [1.807, 2.05) is 26.0 Å². The Morgan fingerprint density at radius 3 is 2.75 bits per heavy atom. The lowest BCUT2D eigenvalue weighted by molar-refractivity contribution is 0.0467. The van der Waals surface area contributed by atoms with Crippen molar-refractivity contribution in [1.82, 2.24) is 15.0 Å². The number of carbonyl (C=O) groups excluding carboxylic acids is 1. The third-order valence-electron chi connectivity index (χ3n) is 4.90. The molecule has 1 aliphatic rings. The van der Waals surface area contributed by atoms with E-state index in [-0.39, 0.29) is 6.61 Å². The van der Waals surface area contributed by atoms with Crippen LogP contribution in [0.25, 0.3) is 0 Å². The number of allylic oxidation sites excluding steroid dienone is 1. The molecule has 2 heterocycles. The number of aromatic nitrogens is 3. The quantitative estimate of drug-likeness (QED) is 0.774. The van der Waals surface area contributed by atoms with Gasteiger partial charge in [-0.15, -0.1) is 5.10 Å². The molecule has 1 unspecified atom stereocenters. The Morgan fingerprint density at radius 2 is 2.04 bits per heavy atom. The summed E-state index contributed by atoms with van der Waals surface area (Å²) in [6.45, 7) is 6.57. The normalized spacial score (nSPS) is 17.0. The van der Waals surface area contributed by atoms with Gasteiger partial charge in [-0.05, 0) is 38.8 Å². The van der Waals surface area contributed by atoms with E-state index in [0.717, 1.165) is 23.3 Å². The number of carbonyl (C=O) groups is 1. The minimum atomic E-state index is -0.391. The molecule has 1 aliphatic heterocycles. The van der Waals surface area contributed by atoms with Gasteiger partial charge in [-0.2, -0.15) is 0 Å². The van der Waals surface area contributed by atoms with Gasteiger partial charge in [0.25, 0.3) is 0 Å². The molecule has 0 amide bonds. The van der Waals surface area contributed by atoms with Crippen LogP contribution in [-0.4, -0.2) is 32.4 Å². The van der Waals surface area contributed by atoms with Crippen LogP contribution in [0.15, 0.2) is 47.2 Å². The molecule has 1 N–H and O–H groups in total. The molecule has 0 bridgehead atoms. The van der Waals surface area contributed by atoms with Crippen molar-refractivity contribution in [3.63, 3.8) is 0 Å². The van der Waals surface area contributed by atoms with Crippen LogP contribution in [0.5, 0.6) is 0 Å². The molecule has 146 valence electrons. The van der Waals surface area contributed by atoms with Gasteiger partial charge in [0.2, 0.25) is 0 Å². The third-order valence-corrected chi connectivity index (χ3v) is 4.90. The van der Waals surface area contributed by atoms with E-state index < -0.39 is 5.97 Å². The fourth-order valence-electron chi connectivity index (χ4n) is 3.03. The van der Waals surface area contributed by atoms with Crippen LogP contribution >= 0.6 is 0 Å². The van der Waals surface area contributed by atoms with Crippen molar-refractivity contribution in [2.24, 2.45) is 10.9 Å². The standard InChI is InChI=1S/C21H25N5O2/c1-4-16-9-20(22)18(10-23-15(16)3)11-26-12-19(24-25-26)13-28-21(27)17-7-5-14(2)6-8-17/h5-8,10,12,16,22H,4,9,11,13H2,1-3H3. The van der Waals surface area contributed by atoms with Gasteiger partial charge in [-0.1, -0.05) is 29.8 Å². The van der Waals surface area contributed by atoms with Crippen molar-refractivity contribution in [3.05, 3.63) is 59.1 Å². The Balaban J connectivity index is 1.59. The third kappa shape index (κ3) is 4.79. The van der Waals surface area contributed by atoms with Gasteiger partial charge in [0.05, 0.1) is 18.3 Å². The first-order valence-electron chi connectivity index (χ1n) is 9.40. The van der Waals surface area contributed by atoms with E-state index in [2.05, 4.69) is 22.2 Å². The van der Waals surface area contributed by atoms with Gasteiger partial charge in [0, 0.05) is 29.1 Å². The van der Waals surface area contributed by atoms with Crippen molar-refractivity contribution in [1.29, 1.82) is 5.41 Å². The maximum Gasteiger partial charge on any atom is 0.338 e. The van der Waals surface area contributed by atoms with Crippen LogP contribution in [0.3, 0.4) is 0 Å². The molecule has 0 radical (unpaired) electrons. The van der Waals surface area contributed by atoms with Crippen LogP contribution in [-0.2, 0) is 17.9 Å². The summed E-state index contributed by atoms with van der Waals surface area (Å²) in [6, 6.07) is 7.22. The fourth-order valence-corrected chi connectivity index (χ4v) is 3.03. The van der Waals surface area contributed by atoms with E-state index in [0.29, 0.717) is 35.9 Å². The van der Waals surface area contributed by atoms with Crippen molar-refractivity contribution in [2.75, 3.05) is 0 Å². The Labute approximate surface area is 164 Å². The first-order chi connectivity index (χ1) is 13.5. The Kier molecular flexibility index (Phi) is 6.13. The summed E-state index contributed by atoms with van der Waals surface area (Å²) in [7, 11) is 0. The Morgan fingerprint density at radius 1 is 1.29 bits per heavy atom. The minimum absolute atomic E-state index is 0.0539. The number of rotatable bonds is 6. The van der Waals surface area contributed by atoms with Crippen LogP contribution in [0.4, 0.5) is 0 Å². The van der Waals surface area contributed by atoms with Crippen molar-refractivity contribution < 1.29 is 9.53 Å². The summed E-state index contributed by atoms with van der Waals surface area (Å²) in [6.07, 6.45) is 5.15. The van der Waals surface area contributed by atoms with E-state index in [1.165, 1.54) is 0 Å². The van der Waals surface area contributed by atoms with Crippen molar-refractivity contribution in [2.45, 2.75) is 46.8 Å². The van der Waals surface area contributed by atoms with Gasteiger partial charge >= 0.3 is 5.97 Å². The summed E-state index contributed by atoms with van der Waals surface area (Å²) < 4.78 is 6.95. The summed E-state index contributed by atoms with van der Waals surface area (Å²) in [5, 5.41) is 16.5. The van der Waals surface area contributed by atoms with Crippen LogP contribution in [0.1, 0.15) is 48.3 Å². The SMILES string of the molecule is CCC1CC(=N)C(Cn2cc(COC(=O)c3ccc(C)cc3)nn2)=CN=C1C. The second-order valence-corrected chi connectivity index (χ2v) is 7.06. The average molecular weight is 379 g/mol. The Hall–Kier alpha value is -3.09. The predicted octanol–water partition coefficient (Wildman–Crippen LogP) is 3.74. The molecule has 0 saturated heterocycles. The first-order valence-corrected chi connectivity index (χ1v) is 9.40. The second-order valence-electron chi connectivity index (χ2n) is 7.06. The summed E-state index contributed by atoms with van der Waals surface area (Å²) in [5.74, 6) is -0.0769. The Bertz CT molecular complexity index is 925. The number of hydrogen-bond donors (Lipinski definition) is 1. The number of nitrogens with zero attached hydrogens (tertiary/aromatic N) is 4. The van der Waals surface area contributed by atoms with Gasteiger partial charge in [0.1, 0.15) is 12.3 Å². The molecular weight excluding hydrogens is 354 g/mol. The first kappa shape index (κ1) is 19.7. The zero-order chi connectivity index (χ0) is 20.1. The highest BCUT2D eigenvalue weighted by Crippen LogP contribution is 2.19. The molecule has 2 aromatic rings.